The van der Waals surface area contributed by atoms with Gasteiger partial charge in [0.15, 0.2) is 5.96 Å². The van der Waals surface area contributed by atoms with Crippen LogP contribution < -0.4 is 16.8 Å². The smallest absolute Gasteiger partial charge is 0.243 e. The van der Waals surface area contributed by atoms with Crippen LogP contribution >= 0.6 is 0 Å². The molecule has 0 saturated heterocycles. The number of carbonyl (C=O) groups excluding carboxylic acids is 1. The van der Waals surface area contributed by atoms with Crippen LogP contribution in [0.5, 0.6) is 0 Å². The van der Waals surface area contributed by atoms with Gasteiger partial charge in [0.1, 0.15) is 0 Å². The van der Waals surface area contributed by atoms with E-state index in [1.54, 1.807) is 6.08 Å². The van der Waals surface area contributed by atoms with E-state index in [9.17, 15) is 4.79 Å². The summed E-state index contributed by atoms with van der Waals surface area (Å²) in [7, 11) is 2.07. The van der Waals surface area contributed by atoms with Crippen molar-refractivity contribution < 1.29 is 4.79 Å². The summed E-state index contributed by atoms with van der Waals surface area (Å²) < 4.78 is 0. The molecular weight excluding hydrogens is 412 g/mol. The average Bonchev–Trinajstić information content (AvgIpc) is 3.08. The van der Waals surface area contributed by atoms with Gasteiger partial charge in [-0.3, -0.25) is 9.79 Å². The Morgan fingerprint density at radius 2 is 2.00 bits per heavy atom. The molecule has 0 saturated carbocycles. The van der Waals surface area contributed by atoms with Crippen LogP contribution in [-0.4, -0.2) is 55.0 Å². The number of nitrogens with one attached hydrogen (secondary N) is 1. The van der Waals surface area contributed by atoms with Crippen molar-refractivity contribution in [3.05, 3.63) is 47.3 Å². The largest absolute Gasteiger partial charge is 0.370 e. The van der Waals surface area contributed by atoms with Crippen LogP contribution in [0.1, 0.15) is 66.2 Å². The molecule has 0 unspecified atom stereocenters. The highest BCUT2D eigenvalue weighted by atomic mass is 16.1. The number of hydrogen-bond acceptors (Lipinski definition) is 4. The van der Waals surface area contributed by atoms with Crippen molar-refractivity contribution in [2.45, 2.75) is 66.2 Å². The molecule has 33 heavy (non-hydrogen) atoms. The lowest BCUT2D eigenvalue weighted by Gasteiger charge is -2.19. The summed E-state index contributed by atoms with van der Waals surface area (Å²) in [6, 6.07) is 0. The molecule has 7 heteroatoms. The summed E-state index contributed by atoms with van der Waals surface area (Å²) in [5.74, 6) is 0.501. The molecule has 1 aliphatic rings. The van der Waals surface area contributed by atoms with Crippen LogP contribution in [0.25, 0.3) is 0 Å². The van der Waals surface area contributed by atoms with Crippen LogP contribution in [0.3, 0.4) is 0 Å². The molecule has 0 radical (unpaired) electrons. The fourth-order valence-electron chi connectivity index (χ4n) is 3.59. The molecule has 0 fully saturated rings. The van der Waals surface area contributed by atoms with E-state index in [1.807, 2.05) is 6.08 Å². The first-order valence-corrected chi connectivity index (χ1v) is 12.1. The SMILES string of the molecule is CC(C)=CCC/C(C)=C/CC[C@H](C)/C=C/C(=O)NCCC1=CN(CCCN=C(N)N)CN1C. The van der Waals surface area contributed by atoms with E-state index in [0.29, 0.717) is 19.0 Å². The summed E-state index contributed by atoms with van der Waals surface area (Å²) in [5.41, 5.74) is 14.8. The second kappa shape index (κ2) is 16.0. The summed E-state index contributed by atoms with van der Waals surface area (Å²) in [4.78, 5) is 20.6. The molecule has 1 amide bonds. The van der Waals surface area contributed by atoms with Gasteiger partial charge in [-0.05, 0) is 64.9 Å². The van der Waals surface area contributed by atoms with E-state index in [0.717, 1.165) is 51.7 Å². The third-order valence-corrected chi connectivity index (χ3v) is 5.58. The lowest BCUT2D eigenvalue weighted by Crippen LogP contribution is -2.27. The number of nitrogens with zero attached hydrogens (tertiary/aromatic N) is 3. The fraction of sp³-hybridized carbons (Fsp3) is 0.615. The zero-order chi connectivity index (χ0) is 24.6. The number of carbonyl (C=O) groups is 1. The Morgan fingerprint density at radius 3 is 2.70 bits per heavy atom. The molecule has 1 atom stereocenters. The summed E-state index contributed by atoms with van der Waals surface area (Å²) in [5, 5.41) is 3.00. The number of nitrogens with two attached hydrogens (primary N) is 2. The van der Waals surface area contributed by atoms with Crippen molar-refractivity contribution in [3.8, 4) is 0 Å². The second-order valence-electron chi connectivity index (χ2n) is 9.26. The van der Waals surface area contributed by atoms with Crippen LogP contribution in [0, 0.1) is 5.92 Å². The molecule has 0 aliphatic carbocycles. The van der Waals surface area contributed by atoms with Crippen molar-refractivity contribution in [2.24, 2.45) is 22.4 Å². The molecule has 0 bridgehead atoms. The number of guanidine groups is 1. The molecular formula is C26H46N6O. The summed E-state index contributed by atoms with van der Waals surface area (Å²) in [6.45, 7) is 11.7. The Kier molecular flexibility index (Phi) is 13.7. The van der Waals surface area contributed by atoms with Crippen molar-refractivity contribution >= 4 is 11.9 Å². The molecule has 0 aromatic rings. The van der Waals surface area contributed by atoms with E-state index in [-0.39, 0.29) is 11.9 Å². The molecule has 1 heterocycles. The van der Waals surface area contributed by atoms with Gasteiger partial charge in [-0.15, -0.1) is 0 Å². The van der Waals surface area contributed by atoms with Crippen molar-refractivity contribution in [1.29, 1.82) is 0 Å². The monoisotopic (exact) mass is 458 g/mol. The van der Waals surface area contributed by atoms with Gasteiger partial charge in [0.25, 0.3) is 0 Å². The van der Waals surface area contributed by atoms with Gasteiger partial charge in [-0.1, -0.05) is 36.3 Å². The number of amides is 1. The maximum absolute atomic E-state index is 12.2. The zero-order valence-electron chi connectivity index (χ0n) is 21.4. The third-order valence-electron chi connectivity index (χ3n) is 5.58. The minimum absolute atomic E-state index is 0.0226. The Bertz CT molecular complexity index is 742. The van der Waals surface area contributed by atoms with E-state index in [1.165, 1.54) is 16.8 Å². The van der Waals surface area contributed by atoms with E-state index >= 15 is 0 Å². The first-order valence-electron chi connectivity index (χ1n) is 12.1. The first kappa shape index (κ1) is 28.3. The quantitative estimate of drug-likeness (QED) is 0.114. The highest BCUT2D eigenvalue weighted by Crippen LogP contribution is 2.16. The van der Waals surface area contributed by atoms with Gasteiger partial charge in [0.05, 0.1) is 6.67 Å². The number of allylic oxidation sites excluding steroid dienone is 5. The molecule has 5 N–H and O–H groups in total. The Morgan fingerprint density at radius 1 is 1.24 bits per heavy atom. The fourth-order valence-corrected chi connectivity index (χ4v) is 3.59. The average molecular weight is 459 g/mol. The molecule has 0 aromatic heterocycles. The van der Waals surface area contributed by atoms with E-state index < -0.39 is 0 Å². The molecule has 0 aromatic carbocycles. The first-order chi connectivity index (χ1) is 15.7. The van der Waals surface area contributed by atoms with Crippen LogP contribution in [0.15, 0.2) is 52.3 Å². The second-order valence-corrected chi connectivity index (χ2v) is 9.26. The normalized spacial score (nSPS) is 14.9. The van der Waals surface area contributed by atoms with Crippen LogP contribution in [0.2, 0.25) is 0 Å². The van der Waals surface area contributed by atoms with E-state index in [4.69, 9.17) is 11.5 Å². The van der Waals surface area contributed by atoms with Crippen molar-refractivity contribution in [2.75, 3.05) is 33.4 Å². The minimum Gasteiger partial charge on any atom is -0.370 e. The van der Waals surface area contributed by atoms with Gasteiger partial charge in [-0.25, -0.2) is 0 Å². The van der Waals surface area contributed by atoms with Gasteiger partial charge >= 0.3 is 0 Å². The van der Waals surface area contributed by atoms with Gasteiger partial charge in [-0.2, -0.15) is 0 Å². The Hall–Kier alpha value is -2.70. The molecule has 0 spiro atoms. The standard InChI is InChI=1S/C26H46N6O/c1-21(2)9-6-10-22(3)11-7-12-23(4)13-14-25(33)29-17-15-24-19-32(20-31(24)5)18-8-16-30-26(27)28/h9,11,13-14,19,23H,6-8,10,12,15-18,20H2,1-5H3,(H,29,33)(H4,27,28,30)/b14-13+,22-11+/t23-/m0/s1. The topological polar surface area (TPSA) is 100.0 Å². The number of rotatable bonds is 15. The predicted molar refractivity (Wildman–Crippen MR) is 140 cm³/mol. The van der Waals surface area contributed by atoms with Gasteiger partial charge < -0.3 is 26.6 Å². The van der Waals surface area contributed by atoms with Gasteiger partial charge in [0.2, 0.25) is 5.91 Å². The number of hydrogen-bond donors (Lipinski definition) is 3. The van der Waals surface area contributed by atoms with Crippen molar-refractivity contribution in [1.82, 2.24) is 15.1 Å². The van der Waals surface area contributed by atoms with Crippen molar-refractivity contribution in [3.63, 3.8) is 0 Å². The Balaban J connectivity index is 2.25. The lowest BCUT2D eigenvalue weighted by molar-refractivity contribution is -0.116. The summed E-state index contributed by atoms with van der Waals surface area (Å²) >= 11 is 0. The molecule has 1 aliphatic heterocycles. The number of aliphatic imine (C=N–C) groups is 1. The van der Waals surface area contributed by atoms with E-state index in [2.05, 4.69) is 73.2 Å². The third kappa shape index (κ3) is 14.1. The van der Waals surface area contributed by atoms with Crippen LogP contribution in [0.4, 0.5) is 0 Å². The maximum Gasteiger partial charge on any atom is 0.243 e. The van der Waals surface area contributed by atoms with Gasteiger partial charge in [0, 0.05) is 45.0 Å². The maximum atomic E-state index is 12.2. The summed E-state index contributed by atoms with van der Waals surface area (Å²) in [6.07, 6.45) is 16.5. The van der Waals surface area contributed by atoms with Crippen LogP contribution in [-0.2, 0) is 4.79 Å². The Labute approximate surface area is 201 Å². The molecule has 1 rings (SSSR count). The lowest BCUT2D eigenvalue weighted by atomic mass is 10.0. The predicted octanol–water partition coefficient (Wildman–Crippen LogP) is 3.87. The molecule has 186 valence electrons. The molecule has 7 nitrogen and oxygen atoms in total. The highest BCUT2D eigenvalue weighted by molar-refractivity contribution is 5.87. The highest BCUT2D eigenvalue weighted by Gasteiger charge is 2.16. The minimum atomic E-state index is -0.0226. The zero-order valence-corrected chi connectivity index (χ0v) is 21.4.